The van der Waals surface area contributed by atoms with Crippen LogP contribution in [0.15, 0.2) is 6.33 Å². The van der Waals surface area contributed by atoms with Crippen LogP contribution in [0.5, 0.6) is 0 Å². The first-order chi connectivity index (χ1) is 5.96. The Labute approximate surface area is 71.9 Å². The van der Waals surface area contributed by atoms with Crippen LogP contribution in [0.1, 0.15) is 17.0 Å². The zero-order valence-electron chi connectivity index (χ0n) is 6.55. The van der Waals surface area contributed by atoms with E-state index in [4.69, 9.17) is 5.26 Å². The molecule has 0 aromatic carbocycles. The molecule has 6 heteroatoms. The van der Waals surface area contributed by atoms with Gasteiger partial charge in [-0.2, -0.15) is 18.4 Å². The van der Waals surface area contributed by atoms with Gasteiger partial charge in [0, 0.05) is 5.56 Å². The summed E-state index contributed by atoms with van der Waals surface area (Å²) in [6, 6.07) is 1.56. The normalized spacial score (nSPS) is 11.0. The highest BCUT2D eigenvalue weighted by molar-refractivity contribution is 5.33. The molecule has 0 N–H and O–H groups in total. The molecule has 3 nitrogen and oxygen atoms in total. The Hall–Kier alpha value is -1.64. The summed E-state index contributed by atoms with van der Waals surface area (Å²) in [6.45, 7) is 1.17. The molecule has 13 heavy (non-hydrogen) atoms. The zero-order valence-corrected chi connectivity index (χ0v) is 6.55. The highest BCUT2D eigenvalue weighted by Gasteiger charge is 2.35. The number of alkyl halides is 3. The molecule has 1 heterocycles. The Morgan fingerprint density at radius 3 is 2.46 bits per heavy atom. The zero-order chi connectivity index (χ0) is 10.1. The van der Waals surface area contributed by atoms with Crippen LogP contribution in [0.25, 0.3) is 0 Å². The smallest absolute Gasteiger partial charge is 0.231 e. The lowest BCUT2D eigenvalue weighted by Gasteiger charge is -2.07. The molecule has 0 saturated carbocycles. The fourth-order valence-corrected chi connectivity index (χ4v) is 0.849. The quantitative estimate of drug-likeness (QED) is 0.620. The predicted octanol–water partition coefficient (Wildman–Crippen LogP) is 1.68. The Balaban J connectivity index is 3.34. The number of halogens is 3. The summed E-state index contributed by atoms with van der Waals surface area (Å²) in [4.78, 5) is 6.47. The molecule has 1 rings (SSSR count). The fraction of sp³-hybridized carbons (Fsp3) is 0.286. The van der Waals surface area contributed by atoms with Crippen molar-refractivity contribution in [3.05, 3.63) is 23.3 Å². The van der Waals surface area contributed by atoms with Gasteiger partial charge in [-0.1, -0.05) is 0 Å². The van der Waals surface area contributed by atoms with Crippen molar-refractivity contribution in [1.82, 2.24) is 9.97 Å². The Kier molecular flexibility index (Phi) is 2.19. The number of nitriles is 1. The lowest BCUT2D eigenvalue weighted by Crippen LogP contribution is -2.12. The van der Waals surface area contributed by atoms with Crippen LogP contribution in [0.3, 0.4) is 0 Å². The van der Waals surface area contributed by atoms with E-state index in [0.717, 1.165) is 6.33 Å². The van der Waals surface area contributed by atoms with Crippen LogP contribution in [0.2, 0.25) is 0 Å². The molecule has 68 valence electrons. The van der Waals surface area contributed by atoms with Crippen LogP contribution in [0, 0.1) is 18.3 Å². The molecule has 0 aliphatic carbocycles. The summed E-state index contributed by atoms with van der Waals surface area (Å²) in [5.41, 5.74) is -1.54. The van der Waals surface area contributed by atoms with Gasteiger partial charge in [0.1, 0.15) is 18.1 Å². The number of hydrogen-bond acceptors (Lipinski definition) is 3. The average Bonchev–Trinajstić information content (AvgIpc) is 2.02. The molecule has 0 amide bonds. The molecule has 0 spiro atoms. The van der Waals surface area contributed by atoms with Crippen molar-refractivity contribution in [3.63, 3.8) is 0 Å². The van der Waals surface area contributed by atoms with E-state index >= 15 is 0 Å². The molecule has 0 atom stereocenters. The molecule has 0 bridgehead atoms. The Morgan fingerprint density at radius 1 is 1.38 bits per heavy atom. The van der Waals surface area contributed by atoms with Gasteiger partial charge in [0.05, 0.1) is 0 Å². The first-order valence-electron chi connectivity index (χ1n) is 3.25. The monoisotopic (exact) mass is 187 g/mol. The van der Waals surface area contributed by atoms with Crippen molar-refractivity contribution >= 4 is 0 Å². The summed E-state index contributed by atoms with van der Waals surface area (Å²) in [7, 11) is 0. The summed E-state index contributed by atoms with van der Waals surface area (Å²) < 4.78 is 36.5. The van der Waals surface area contributed by atoms with E-state index in [9.17, 15) is 13.2 Å². The SMILES string of the molecule is Cc1c(C#N)ncnc1C(F)(F)F. The summed E-state index contributed by atoms with van der Waals surface area (Å²) >= 11 is 0. The third-order valence-corrected chi connectivity index (χ3v) is 1.46. The largest absolute Gasteiger partial charge is 0.433 e. The molecule has 1 aromatic heterocycles. The van der Waals surface area contributed by atoms with Crippen LogP contribution < -0.4 is 0 Å². The maximum atomic E-state index is 12.2. The molecule has 1 aromatic rings. The fourth-order valence-electron chi connectivity index (χ4n) is 0.849. The second kappa shape index (κ2) is 3.01. The van der Waals surface area contributed by atoms with E-state index in [-0.39, 0.29) is 11.3 Å². The van der Waals surface area contributed by atoms with Gasteiger partial charge in [0.15, 0.2) is 5.69 Å². The van der Waals surface area contributed by atoms with E-state index in [2.05, 4.69) is 9.97 Å². The van der Waals surface area contributed by atoms with E-state index in [1.807, 2.05) is 0 Å². The maximum Gasteiger partial charge on any atom is 0.433 e. The third-order valence-electron chi connectivity index (χ3n) is 1.46. The van der Waals surface area contributed by atoms with Gasteiger partial charge >= 0.3 is 6.18 Å². The first kappa shape index (κ1) is 9.45. The molecule has 0 radical (unpaired) electrons. The van der Waals surface area contributed by atoms with E-state index in [1.165, 1.54) is 6.92 Å². The summed E-state index contributed by atoms with van der Waals surface area (Å²) in [6.07, 6.45) is -3.80. The second-order valence-electron chi connectivity index (χ2n) is 2.31. The number of aromatic nitrogens is 2. The van der Waals surface area contributed by atoms with E-state index < -0.39 is 11.9 Å². The number of hydrogen-bond donors (Lipinski definition) is 0. The number of nitrogens with zero attached hydrogens (tertiary/aromatic N) is 3. The topological polar surface area (TPSA) is 49.6 Å². The minimum atomic E-state index is -4.53. The molecule has 0 unspecified atom stereocenters. The molecular formula is C7H4F3N3. The first-order valence-corrected chi connectivity index (χ1v) is 3.25. The lowest BCUT2D eigenvalue weighted by atomic mass is 10.2. The predicted molar refractivity (Wildman–Crippen MR) is 36.5 cm³/mol. The third kappa shape index (κ3) is 1.75. The van der Waals surface area contributed by atoms with Crippen molar-refractivity contribution in [1.29, 1.82) is 5.26 Å². The van der Waals surface area contributed by atoms with Crippen molar-refractivity contribution in [2.24, 2.45) is 0 Å². The van der Waals surface area contributed by atoms with Gasteiger partial charge in [-0.25, -0.2) is 9.97 Å². The minimum absolute atomic E-state index is 0.238. The molecule has 0 aliphatic rings. The molecule has 0 aliphatic heterocycles. The summed E-state index contributed by atoms with van der Waals surface area (Å²) in [5, 5.41) is 8.40. The van der Waals surface area contributed by atoms with Crippen LogP contribution >= 0.6 is 0 Å². The van der Waals surface area contributed by atoms with Gasteiger partial charge in [-0.3, -0.25) is 0 Å². The number of rotatable bonds is 0. The maximum absolute atomic E-state index is 12.2. The Bertz CT molecular complexity index is 364. The lowest BCUT2D eigenvalue weighted by molar-refractivity contribution is -0.141. The van der Waals surface area contributed by atoms with Gasteiger partial charge < -0.3 is 0 Å². The van der Waals surface area contributed by atoms with Crippen molar-refractivity contribution in [2.75, 3.05) is 0 Å². The average molecular weight is 187 g/mol. The second-order valence-corrected chi connectivity index (χ2v) is 2.31. The highest BCUT2D eigenvalue weighted by Crippen LogP contribution is 2.30. The summed E-state index contributed by atoms with van der Waals surface area (Å²) in [5.74, 6) is 0. The molecule has 0 saturated heterocycles. The van der Waals surface area contributed by atoms with Gasteiger partial charge in [0.2, 0.25) is 0 Å². The molecular weight excluding hydrogens is 183 g/mol. The van der Waals surface area contributed by atoms with Crippen LogP contribution in [-0.2, 0) is 6.18 Å². The van der Waals surface area contributed by atoms with Crippen LogP contribution in [-0.4, -0.2) is 9.97 Å². The van der Waals surface area contributed by atoms with Gasteiger partial charge in [-0.15, -0.1) is 0 Å². The van der Waals surface area contributed by atoms with E-state index in [1.54, 1.807) is 6.07 Å². The molecule has 0 fully saturated rings. The minimum Gasteiger partial charge on any atom is -0.231 e. The van der Waals surface area contributed by atoms with E-state index in [0.29, 0.717) is 0 Å². The highest BCUT2D eigenvalue weighted by atomic mass is 19.4. The Morgan fingerprint density at radius 2 is 2.00 bits per heavy atom. The van der Waals surface area contributed by atoms with Gasteiger partial charge in [0.25, 0.3) is 0 Å². The van der Waals surface area contributed by atoms with Crippen LogP contribution in [0.4, 0.5) is 13.2 Å². The van der Waals surface area contributed by atoms with Crippen molar-refractivity contribution in [2.45, 2.75) is 13.1 Å². The van der Waals surface area contributed by atoms with Crippen molar-refractivity contribution < 1.29 is 13.2 Å². The standard InChI is InChI=1S/C7H4F3N3/c1-4-5(2-11)12-3-13-6(4)7(8,9)10/h3H,1H3. The van der Waals surface area contributed by atoms with Gasteiger partial charge in [-0.05, 0) is 6.92 Å². The van der Waals surface area contributed by atoms with Crippen molar-refractivity contribution in [3.8, 4) is 6.07 Å².